The first kappa shape index (κ1) is 5.94. The Balaban J connectivity index is 2.34. The molecule has 3 heteroatoms. The van der Waals surface area contributed by atoms with Crippen LogP contribution >= 0.6 is 0 Å². The molecule has 0 saturated heterocycles. The molecule has 3 rings (SSSR count). The third-order valence-electron chi connectivity index (χ3n) is 2.20. The van der Waals surface area contributed by atoms with Crippen molar-refractivity contribution in [3.8, 4) is 5.82 Å². The Labute approximate surface area is 69.7 Å². The van der Waals surface area contributed by atoms with Gasteiger partial charge in [-0.25, -0.2) is 9.97 Å². The molecule has 0 bridgehead atoms. The molecule has 0 spiro atoms. The van der Waals surface area contributed by atoms with Crippen molar-refractivity contribution in [2.24, 2.45) is 0 Å². The lowest BCUT2D eigenvalue weighted by molar-refractivity contribution is 0.990. The molecule has 0 amide bonds. The maximum atomic E-state index is 4.22. The fourth-order valence-corrected chi connectivity index (χ4v) is 1.66. The van der Waals surface area contributed by atoms with Crippen LogP contribution in [0.4, 0.5) is 0 Å². The van der Waals surface area contributed by atoms with Gasteiger partial charge in [-0.3, -0.25) is 0 Å². The highest BCUT2D eigenvalue weighted by atomic mass is 15.1. The zero-order valence-corrected chi connectivity index (χ0v) is 6.44. The molecule has 0 fully saturated rings. The van der Waals surface area contributed by atoms with E-state index in [9.17, 15) is 0 Å². The van der Waals surface area contributed by atoms with Crippen molar-refractivity contribution in [1.82, 2.24) is 14.5 Å². The second-order valence-corrected chi connectivity index (χ2v) is 2.92. The molecule has 2 aromatic rings. The van der Waals surface area contributed by atoms with E-state index in [4.69, 9.17) is 0 Å². The van der Waals surface area contributed by atoms with Crippen molar-refractivity contribution in [2.75, 3.05) is 0 Å². The standard InChI is InChI=1S/C9H7N3/c1-2-8-4-7-5-10-6-11-9(7)12(8)3-1/h1-3,5-6H,4H2. The Morgan fingerprint density at radius 1 is 1.42 bits per heavy atom. The largest absolute Gasteiger partial charge is 0.305 e. The van der Waals surface area contributed by atoms with E-state index in [0.717, 1.165) is 12.2 Å². The van der Waals surface area contributed by atoms with Crippen LogP contribution in [0, 0.1) is 0 Å². The van der Waals surface area contributed by atoms with Gasteiger partial charge in [-0.2, -0.15) is 0 Å². The second kappa shape index (κ2) is 1.94. The van der Waals surface area contributed by atoms with Crippen LogP contribution in [0.5, 0.6) is 0 Å². The number of aromatic nitrogens is 3. The smallest absolute Gasteiger partial charge is 0.143 e. The van der Waals surface area contributed by atoms with E-state index in [0.29, 0.717) is 0 Å². The average molecular weight is 157 g/mol. The third kappa shape index (κ3) is 0.605. The van der Waals surface area contributed by atoms with Gasteiger partial charge in [0.15, 0.2) is 0 Å². The highest BCUT2D eigenvalue weighted by molar-refractivity contribution is 5.43. The van der Waals surface area contributed by atoms with Gasteiger partial charge in [-0.05, 0) is 12.1 Å². The van der Waals surface area contributed by atoms with Crippen molar-refractivity contribution >= 4 is 0 Å². The summed E-state index contributed by atoms with van der Waals surface area (Å²) in [5, 5.41) is 0. The minimum absolute atomic E-state index is 0.961. The van der Waals surface area contributed by atoms with Crippen LogP contribution in [0.3, 0.4) is 0 Å². The zero-order chi connectivity index (χ0) is 7.97. The third-order valence-corrected chi connectivity index (χ3v) is 2.20. The molecular formula is C9H7N3. The lowest BCUT2D eigenvalue weighted by Gasteiger charge is -1.97. The number of hydrogen-bond donors (Lipinski definition) is 0. The van der Waals surface area contributed by atoms with E-state index < -0.39 is 0 Å². The fraction of sp³-hybridized carbons (Fsp3) is 0.111. The Kier molecular flexibility index (Phi) is 0.961. The quantitative estimate of drug-likeness (QED) is 0.490. The summed E-state index contributed by atoms with van der Waals surface area (Å²) in [5.41, 5.74) is 2.51. The summed E-state index contributed by atoms with van der Waals surface area (Å²) in [6.07, 6.45) is 6.47. The lowest BCUT2D eigenvalue weighted by Crippen LogP contribution is -1.92. The molecule has 0 aliphatic carbocycles. The number of nitrogens with zero attached hydrogens (tertiary/aromatic N) is 3. The van der Waals surface area contributed by atoms with Gasteiger partial charge in [0, 0.05) is 30.1 Å². The van der Waals surface area contributed by atoms with Gasteiger partial charge >= 0.3 is 0 Å². The van der Waals surface area contributed by atoms with E-state index in [1.54, 1.807) is 6.33 Å². The molecular weight excluding hydrogens is 150 g/mol. The Morgan fingerprint density at radius 2 is 2.42 bits per heavy atom. The molecule has 0 unspecified atom stereocenters. The first-order valence-electron chi connectivity index (χ1n) is 3.90. The van der Waals surface area contributed by atoms with Crippen molar-refractivity contribution in [2.45, 2.75) is 6.42 Å². The predicted octanol–water partition coefficient (Wildman–Crippen LogP) is 1.17. The number of rotatable bonds is 0. The first-order valence-corrected chi connectivity index (χ1v) is 3.90. The summed E-state index contributed by atoms with van der Waals surface area (Å²) in [6, 6.07) is 4.15. The Morgan fingerprint density at radius 3 is 3.42 bits per heavy atom. The van der Waals surface area contributed by atoms with Crippen molar-refractivity contribution in [3.63, 3.8) is 0 Å². The van der Waals surface area contributed by atoms with Crippen molar-refractivity contribution < 1.29 is 0 Å². The molecule has 0 aromatic carbocycles. The summed E-state index contributed by atoms with van der Waals surface area (Å²) in [5.74, 6) is 1.03. The normalized spacial score (nSPS) is 12.7. The van der Waals surface area contributed by atoms with Gasteiger partial charge in [-0.1, -0.05) is 0 Å². The van der Waals surface area contributed by atoms with E-state index in [1.807, 2.05) is 18.5 Å². The summed E-state index contributed by atoms with van der Waals surface area (Å²) in [4.78, 5) is 8.22. The van der Waals surface area contributed by atoms with Gasteiger partial charge in [0.25, 0.3) is 0 Å². The van der Waals surface area contributed by atoms with Crippen LogP contribution in [0.2, 0.25) is 0 Å². The summed E-state index contributed by atoms with van der Waals surface area (Å²) >= 11 is 0. The zero-order valence-electron chi connectivity index (χ0n) is 6.44. The van der Waals surface area contributed by atoms with Gasteiger partial charge in [0.2, 0.25) is 0 Å². The maximum absolute atomic E-state index is 4.22. The fourth-order valence-electron chi connectivity index (χ4n) is 1.66. The van der Waals surface area contributed by atoms with Crippen LogP contribution < -0.4 is 0 Å². The Bertz CT molecular complexity index is 431. The predicted molar refractivity (Wildman–Crippen MR) is 44.2 cm³/mol. The minimum Gasteiger partial charge on any atom is -0.305 e. The van der Waals surface area contributed by atoms with Crippen molar-refractivity contribution in [3.05, 3.63) is 42.1 Å². The van der Waals surface area contributed by atoms with Crippen LogP contribution in [0.15, 0.2) is 30.9 Å². The number of hydrogen-bond acceptors (Lipinski definition) is 2. The number of fused-ring (bicyclic) bond motifs is 3. The summed E-state index contributed by atoms with van der Waals surface area (Å²) in [6.45, 7) is 0. The lowest BCUT2D eigenvalue weighted by atomic mass is 10.2. The van der Waals surface area contributed by atoms with E-state index in [-0.39, 0.29) is 0 Å². The summed E-state index contributed by atoms with van der Waals surface area (Å²) < 4.78 is 2.11. The van der Waals surface area contributed by atoms with Gasteiger partial charge in [0.1, 0.15) is 12.1 Å². The molecule has 3 nitrogen and oxygen atoms in total. The van der Waals surface area contributed by atoms with Crippen LogP contribution in [0.1, 0.15) is 11.3 Å². The van der Waals surface area contributed by atoms with E-state index >= 15 is 0 Å². The maximum Gasteiger partial charge on any atom is 0.143 e. The van der Waals surface area contributed by atoms with Crippen LogP contribution in [0.25, 0.3) is 5.82 Å². The van der Waals surface area contributed by atoms with E-state index in [1.165, 1.54) is 11.3 Å². The molecule has 0 radical (unpaired) electrons. The molecule has 0 N–H and O–H groups in total. The van der Waals surface area contributed by atoms with Crippen LogP contribution in [-0.2, 0) is 6.42 Å². The summed E-state index contributed by atoms with van der Waals surface area (Å²) in [7, 11) is 0. The topological polar surface area (TPSA) is 30.7 Å². The highest BCUT2D eigenvalue weighted by Gasteiger charge is 2.17. The monoisotopic (exact) mass is 157 g/mol. The molecule has 2 aromatic heterocycles. The van der Waals surface area contributed by atoms with Crippen molar-refractivity contribution in [1.29, 1.82) is 0 Å². The average Bonchev–Trinajstić information content (AvgIpc) is 2.62. The molecule has 1 aliphatic rings. The minimum atomic E-state index is 0.961. The van der Waals surface area contributed by atoms with Gasteiger partial charge < -0.3 is 4.57 Å². The molecule has 0 atom stereocenters. The van der Waals surface area contributed by atoms with Gasteiger partial charge in [0.05, 0.1) is 0 Å². The van der Waals surface area contributed by atoms with E-state index in [2.05, 4.69) is 20.6 Å². The molecule has 3 heterocycles. The SMILES string of the molecule is c1cc2n(c1)-c1ncncc1C2. The molecule has 0 saturated carbocycles. The first-order chi connectivity index (χ1) is 5.95. The Hall–Kier alpha value is -1.64. The second-order valence-electron chi connectivity index (χ2n) is 2.92. The van der Waals surface area contributed by atoms with Gasteiger partial charge in [-0.15, -0.1) is 0 Å². The molecule has 12 heavy (non-hydrogen) atoms. The van der Waals surface area contributed by atoms with Crippen LogP contribution in [-0.4, -0.2) is 14.5 Å². The molecule has 58 valence electrons. The molecule has 1 aliphatic heterocycles. The highest BCUT2D eigenvalue weighted by Crippen LogP contribution is 2.24.